The third-order valence-corrected chi connectivity index (χ3v) is 2.09. The number of nitro benzene ring substituents is 2. The van der Waals surface area contributed by atoms with E-state index in [1.807, 2.05) is 0 Å². The molecule has 1 heterocycles. The maximum Gasteiger partial charge on any atom is 0.277 e. The van der Waals surface area contributed by atoms with Crippen molar-refractivity contribution in [2.24, 2.45) is 0 Å². The minimum absolute atomic E-state index is 0.0131. The molecule has 0 bridgehead atoms. The Hall–Kier alpha value is -3.04. The standard InChI is InChI=1S/C8H6N6O4/c9-8-10-7(11-12-8)4-1-5(13(15)16)3-6(2-4)14(17)18/h1-3H,(H3,9,10,11,12). The van der Waals surface area contributed by atoms with E-state index in [2.05, 4.69) is 15.2 Å². The van der Waals surface area contributed by atoms with Crippen LogP contribution in [0.1, 0.15) is 0 Å². The van der Waals surface area contributed by atoms with Crippen molar-refractivity contribution < 1.29 is 9.85 Å². The lowest BCUT2D eigenvalue weighted by atomic mass is 10.1. The van der Waals surface area contributed by atoms with Gasteiger partial charge < -0.3 is 5.73 Å². The maximum absolute atomic E-state index is 10.7. The monoisotopic (exact) mass is 250 g/mol. The van der Waals surface area contributed by atoms with Crippen molar-refractivity contribution in [1.29, 1.82) is 0 Å². The van der Waals surface area contributed by atoms with Crippen LogP contribution >= 0.6 is 0 Å². The topological polar surface area (TPSA) is 154 Å². The van der Waals surface area contributed by atoms with Crippen LogP contribution in [0.5, 0.6) is 0 Å². The minimum atomic E-state index is -0.730. The van der Waals surface area contributed by atoms with E-state index in [0.29, 0.717) is 0 Å². The highest BCUT2D eigenvalue weighted by Crippen LogP contribution is 2.27. The Kier molecular flexibility index (Phi) is 2.60. The van der Waals surface area contributed by atoms with Crippen LogP contribution < -0.4 is 5.73 Å². The van der Waals surface area contributed by atoms with E-state index in [-0.39, 0.29) is 17.3 Å². The summed E-state index contributed by atoms with van der Waals surface area (Å²) in [6, 6.07) is 3.13. The highest BCUT2D eigenvalue weighted by atomic mass is 16.6. The van der Waals surface area contributed by atoms with Gasteiger partial charge in [-0.1, -0.05) is 0 Å². The molecule has 2 aromatic rings. The van der Waals surface area contributed by atoms with Gasteiger partial charge in [-0.15, -0.1) is 0 Å². The zero-order valence-electron chi connectivity index (χ0n) is 8.73. The summed E-state index contributed by atoms with van der Waals surface area (Å²) in [6.07, 6.45) is 0. The number of nitrogens with two attached hydrogens (primary N) is 1. The molecule has 0 radical (unpaired) electrons. The van der Waals surface area contributed by atoms with E-state index < -0.39 is 21.2 Å². The number of nitrogens with one attached hydrogen (secondary N) is 1. The van der Waals surface area contributed by atoms with Crippen LogP contribution in [0, 0.1) is 20.2 Å². The summed E-state index contributed by atoms with van der Waals surface area (Å²) in [7, 11) is 0. The first-order valence-electron chi connectivity index (χ1n) is 4.59. The van der Waals surface area contributed by atoms with E-state index in [1.54, 1.807) is 0 Å². The first kappa shape index (κ1) is 11.4. The van der Waals surface area contributed by atoms with Crippen molar-refractivity contribution >= 4 is 17.3 Å². The first-order valence-corrected chi connectivity index (χ1v) is 4.59. The molecule has 3 N–H and O–H groups in total. The number of H-pyrrole nitrogens is 1. The zero-order chi connectivity index (χ0) is 13.3. The molecule has 1 aromatic heterocycles. The van der Waals surface area contributed by atoms with Crippen LogP contribution in [0.25, 0.3) is 11.4 Å². The highest BCUT2D eigenvalue weighted by molar-refractivity contribution is 5.64. The first-order chi connectivity index (χ1) is 8.47. The van der Waals surface area contributed by atoms with Crippen molar-refractivity contribution in [2.45, 2.75) is 0 Å². The predicted molar refractivity (Wildman–Crippen MR) is 59.5 cm³/mol. The summed E-state index contributed by atoms with van der Waals surface area (Å²) in [5.74, 6) is 0.0680. The molecule has 0 aliphatic rings. The summed E-state index contributed by atoms with van der Waals surface area (Å²) in [4.78, 5) is 23.6. The van der Waals surface area contributed by atoms with Gasteiger partial charge in [-0.25, -0.2) is 5.10 Å². The molecule has 18 heavy (non-hydrogen) atoms. The van der Waals surface area contributed by atoms with E-state index in [0.717, 1.165) is 18.2 Å². The number of non-ortho nitro benzene ring substituents is 2. The lowest BCUT2D eigenvalue weighted by Crippen LogP contribution is -1.94. The van der Waals surface area contributed by atoms with Gasteiger partial charge in [0.25, 0.3) is 11.4 Å². The number of hydrogen-bond donors (Lipinski definition) is 2. The molecule has 0 aliphatic carbocycles. The Balaban J connectivity index is 2.60. The third kappa shape index (κ3) is 2.07. The van der Waals surface area contributed by atoms with E-state index in [1.165, 1.54) is 0 Å². The summed E-state index contributed by atoms with van der Waals surface area (Å²) in [6.45, 7) is 0. The summed E-state index contributed by atoms with van der Waals surface area (Å²) >= 11 is 0. The number of anilines is 1. The fourth-order valence-electron chi connectivity index (χ4n) is 1.34. The fraction of sp³-hybridized carbons (Fsp3) is 0. The smallest absolute Gasteiger partial charge is 0.277 e. The zero-order valence-corrected chi connectivity index (χ0v) is 8.73. The van der Waals surface area contributed by atoms with Gasteiger partial charge in [0.05, 0.1) is 15.9 Å². The van der Waals surface area contributed by atoms with E-state index in [9.17, 15) is 20.2 Å². The number of nitrogens with zero attached hydrogens (tertiary/aromatic N) is 4. The van der Waals surface area contributed by atoms with Crippen molar-refractivity contribution in [3.05, 3.63) is 38.4 Å². The molecular weight excluding hydrogens is 244 g/mol. The number of nitrogen functional groups attached to an aromatic ring is 1. The van der Waals surface area contributed by atoms with Gasteiger partial charge in [0.1, 0.15) is 0 Å². The molecule has 0 saturated carbocycles. The molecule has 0 unspecified atom stereocenters. The van der Waals surface area contributed by atoms with Gasteiger partial charge >= 0.3 is 0 Å². The van der Waals surface area contributed by atoms with Crippen LogP contribution in [0.3, 0.4) is 0 Å². The Morgan fingerprint density at radius 1 is 1.11 bits per heavy atom. The predicted octanol–water partition coefficient (Wildman–Crippen LogP) is 0.870. The Bertz CT molecular complexity index is 604. The summed E-state index contributed by atoms with van der Waals surface area (Å²) in [5.41, 5.74) is 4.63. The number of aromatic nitrogens is 3. The second kappa shape index (κ2) is 4.08. The van der Waals surface area contributed by atoms with Crippen molar-refractivity contribution in [3.8, 4) is 11.4 Å². The largest absolute Gasteiger partial charge is 0.368 e. The van der Waals surface area contributed by atoms with Gasteiger partial charge in [0.2, 0.25) is 5.95 Å². The van der Waals surface area contributed by atoms with Gasteiger partial charge in [0.15, 0.2) is 5.82 Å². The minimum Gasteiger partial charge on any atom is -0.368 e. The second-order valence-electron chi connectivity index (χ2n) is 3.30. The van der Waals surface area contributed by atoms with Crippen LogP contribution in [0.4, 0.5) is 17.3 Å². The molecular formula is C8H6N6O4. The third-order valence-electron chi connectivity index (χ3n) is 2.09. The maximum atomic E-state index is 10.7. The lowest BCUT2D eigenvalue weighted by Gasteiger charge is -1.97. The SMILES string of the molecule is Nc1nc(-c2cc([N+](=O)[O-])cc([N+](=O)[O-])c2)n[nH]1. The number of hydrogen-bond acceptors (Lipinski definition) is 7. The van der Waals surface area contributed by atoms with Crippen molar-refractivity contribution in [2.75, 3.05) is 5.73 Å². The average Bonchev–Trinajstić information content (AvgIpc) is 2.75. The molecule has 2 rings (SSSR count). The van der Waals surface area contributed by atoms with Crippen LogP contribution in [-0.4, -0.2) is 25.0 Å². The van der Waals surface area contributed by atoms with Crippen LogP contribution in [0.2, 0.25) is 0 Å². The van der Waals surface area contributed by atoms with Crippen molar-refractivity contribution in [1.82, 2.24) is 15.2 Å². The number of nitro groups is 2. The molecule has 92 valence electrons. The Morgan fingerprint density at radius 3 is 2.06 bits per heavy atom. The van der Waals surface area contributed by atoms with Gasteiger partial charge in [-0.2, -0.15) is 10.1 Å². The van der Waals surface area contributed by atoms with Gasteiger partial charge in [0, 0.05) is 17.7 Å². The van der Waals surface area contributed by atoms with Crippen molar-refractivity contribution in [3.63, 3.8) is 0 Å². The number of aromatic amines is 1. The highest BCUT2D eigenvalue weighted by Gasteiger charge is 2.18. The van der Waals surface area contributed by atoms with Gasteiger partial charge in [-0.3, -0.25) is 20.2 Å². The normalized spacial score (nSPS) is 10.2. The molecule has 0 aliphatic heterocycles. The second-order valence-corrected chi connectivity index (χ2v) is 3.30. The van der Waals surface area contributed by atoms with E-state index >= 15 is 0 Å². The Morgan fingerprint density at radius 2 is 1.67 bits per heavy atom. The summed E-state index contributed by atoms with van der Waals surface area (Å²) in [5, 5.41) is 27.4. The molecule has 1 aromatic carbocycles. The van der Waals surface area contributed by atoms with Crippen LogP contribution in [-0.2, 0) is 0 Å². The summed E-state index contributed by atoms with van der Waals surface area (Å²) < 4.78 is 0. The molecule has 0 saturated heterocycles. The molecule has 10 heteroatoms. The van der Waals surface area contributed by atoms with Crippen LogP contribution in [0.15, 0.2) is 18.2 Å². The molecule has 10 nitrogen and oxygen atoms in total. The number of benzene rings is 1. The van der Waals surface area contributed by atoms with Gasteiger partial charge in [-0.05, 0) is 0 Å². The molecule has 0 atom stereocenters. The molecule has 0 fully saturated rings. The molecule has 0 amide bonds. The lowest BCUT2D eigenvalue weighted by molar-refractivity contribution is -0.394. The molecule has 0 spiro atoms. The quantitative estimate of drug-likeness (QED) is 0.604. The van der Waals surface area contributed by atoms with E-state index in [4.69, 9.17) is 5.73 Å². The number of rotatable bonds is 3. The fourth-order valence-corrected chi connectivity index (χ4v) is 1.34. The Labute approximate surface area is 98.8 Å². The average molecular weight is 250 g/mol.